The van der Waals surface area contributed by atoms with Crippen LogP contribution in [0.3, 0.4) is 0 Å². The van der Waals surface area contributed by atoms with Crippen LogP contribution in [0.5, 0.6) is 0 Å². The molecule has 0 aromatic heterocycles. The Balaban J connectivity index is 1.88. The highest BCUT2D eigenvalue weighted by atomic mass is 32.2. The van der Waals surface area contributed by atoms with Gasteiger partial charge in [0.1, 0.15) is 0 Å². The summed E-state index contributed by atoms with van der Waals surface area (Å²) in [5.41, 5.74) is 2.40. The SMILES string of the molecule is Cc1cc([N+](=O)[O-])ccc1/N=C1\SCC(=O)N1Cc1ccccc1. The number of amidine groups is 1. The number of carbonyl (C=O) groups is 1. The third-order valence-electron chi connectivity index (χ3n) is 3.65. The molecule has 0 N–H and O–H groups in total. The van der Waals surface area contributed by atoms with E-state index in [1.165, 1.54) is 23.9 Å². The van der Waals surface area contributed by atoms with Crippen LogP contribution in [0, 0.1) is 17.0 Å². The van der Waals surface area contributed by atoms with Crippen molar-refractivity contribution < 1.29 is 9.72 Å². The van der Waals surface area contributed by atoms with Crippen molar-refractivity contribution in [3.63, 3.8) is 0 Å². The first-order valence-electron chi connectivity index (χ1n) is 7.35. The Labute approximate surface area is 143 Å². The Morgan fingerprint density at radius 1 is 1.25 bits per heavy atom. The van der Waals surface area contributed by atoms with Crippen molar-refractivity contribution in [1.29, 1.82) is 0 Å². The van der Waals surface area contributed by atoms with E-state index < -0.39 is 4.92 Å². The average molecular weight is 341 g/mol. The fourth-order valence-electron chi connectivity index (χ4n) is 2.38. The first-order chi connectivity index (χ1) is 11.5. The van der Waals surface area contributed by atoms with E-state index in [9.17, 15) is 14.9 Å². The number of nitro benzene ring substituents is 1. The summed E-state index contributed by atoms with van der Waals surface area (Å²) in [4.78, 5) is 28.7. The molecule has 24 heavy (non-hydrogen) atoms. The Morgan fingerprint density at radius 3 is 2.67 bits per heavy atom. The van der Waals surface area contributed by atoms with E-state index in [4.69, 9.17) is 0 Å². The Kier molecular flexibility index (Phi) is 4.61. The maximum atomic E-state index is 12.1. The molecule has 1 saturated heterocycles. The van der Waals surface area contributed by atoms with Gasteiger partial charge in [-0.3, -0.25) is 19.8 Å². The van der Waals surface area contributed by atoms with E-state index in [-0.39, 0.29) is 11.6 Å². The molecule has 7 heteroatoms. The summed E-state index contributed by atoms with van der Waals surface area (Å²) in [6.07, 6.45) is 0. The highest BCUT2D eigenvalue weighted by Gasteiger charge is 2.28. The van der Waals surface area contributed by atoms with Crippen molar-refractivity contribution in [2.45, 2.75) is 13.5 Å². The van der Waals surface area contributed by atoms with Crippen LogP contribution in [0.4, 0.5) is 11.4 Å². The monoisotopic (exact) mass is 341 g/mol. The van der Waals surface area contributed by atoms with Crippen molar-refractivity contribution in [2.75, 3.05) is 5.75 Å². The maximum Gasteiger partial charge on any atom is 0.269 e. The molecule has 1 aliphatic rings. The topological polar surface area (TPSA) is 75.8 Å². The van der Waals surface area contributed by atoms with Crippen LogP contribution >= 0.6 is 11.8 Å². The smallest absolute Gasteiger partial charge is 0.269 e. The lowest BCUT2D eigenvalue weighted by molar-refractivity contribution is -0.384. The summed E-state index contributed by atoms with van der Waals surface area (Å²) in [5.74, 6) is 0.375. The number of hydrogen-bond acceptors (Lipinski definition) is 5. The molecule has 1 heterocycles. The quantitative estimate of drug-likeness (QED) is 0.628. The zero-order valence-electron chi connectivity index (χ0n) is 13.0. The summed E-state index contributed by atoms with van der Waals surface area (Å²) in [5, 5.41) is 11.4. The Morgan fingerprint density at radius 2 is 2.00 bits per heavy atom. The van der Waals surface area contributed by atoms with Crippen LogP contribution in [0.15, 0.2) is 53.5 Å². The van der Waals surface area contributed by atoms with Gasteiger partial charge in [0.25, 0.3) is 5.69 Å². The van der Waals surface area contributed by atoms with Crippen molar-refractivity contribution in [1.82, 2.24) is 4.90 Å². The lowest BCUT2D eigenvalue weighted by Crippen LogP contribution is -2.28. The fourth-order valence-corrected chi connectivity index (χ4v) is 3.28. The van der Waals surface area contributed by atoms with Gasteiger partial charge >= 0.3 is 0 Å². The molecule has 0 spiro atoms. The molecular formula is C17H15N3O3S. The Bertz CT molecular complexity index is 821. The molecule has 2 aromatic rings. The third-order valence-corrected chi connectivity index (χ3v) is 4.61. The summed E-state index contributed by atoms with van der Waals surface area (Å²) < 4.78 is 0. The van der Waals surface area contributed by atoms with Crippen LogP contribution in [-0.4, -0.2) is 26.7 Å². The zero-order valence-corrected chi connectivity index (χ0v) is 13.8. The second kappa shape index (κ2) is 6.84. The minimum Gasteiger partial charge on any atom is -0.286 e. The van der Waals surface area contributed by atoms with Gasteiger partial charge in [-0.2, -0.15) is 0 Å². The number of rotatable bonds is 4. The predicted molar refractivity (Wildman–Crippen MR) is 94.4 cm³/mol. The molecule has 6 nitrogen and oxygen atoms in total. The highest BCUT2D eigenvalue weighted by molar-refractivity contribution is 8.15. The summed E-state index contributed by atoms with van der Waals surface area (Å²) >= 11 is 1.38. The number of nitro groups is 1. The van der Waals surface area contributed by atoms with Crippen molar-refractivity contribution in [3.8, 4) is 0 Å². The minimum absolute atomic E-state index is 0.0159. The first kappa shape index (κ1) is 16.2. The largest absolute Gasteiger partial charge is 0.286 e. The van der Waals surface area contributed by atoms with Crippen LogP contribution in [-0.2, 0) is 11.3 Å². The molecule has 122 valence electrons. The van der Waals surface area contributed by atoms with E-state index in [1.54, 1.807) is 17.9 Å². The number of hydrogen-bond donors (Lipinski definition) is 0. The number of amides is 1. The van der Waals surface area contributed by atoms with Crippen LogP contribution in [0.1, 0.15) is 11.1 Å². The van der Waals surface area contributed by atoms with Gasteiger partial charge in [-0.15, -0.1) is 0 Å². The Hall–Kier alpha value is -2.67. The molecule has 1 amide bonds. The van der Waals surface area contributed by atoms with E-state index in [2.05, 4.69) is 4.99 Å². The summed E-state index contributed by atoms with van der Waals surface area (Å²) in [7, 11) is 0. The third kappa shape index (κ3) is 3.46. The van der Waals surface area contributed by atoms with Crippen molar-refractivity contribution >= 4 is 34.2 Å². The van der Waals surface area contributed by atoms with Crippen LogP contribution < -0.4 is 0 Å². The second-order valence-electron chi connectivity index (χ2n) is 5.38. The number of non-ortho nitro benzene ring substituents is 1. The van der Waals surface area contributed by atoms with Crippen molar-refractivity contribution in [2.24, 2.45) is 4.99 Å². The summed E-state index contributed by atoms with van der Waals surface area (Å²) in [6, 6.07) is 14.2. The van der Waals surface area contributed by atoms with E-state index in [1.807, 2.05) is 30.3 Å². The number of carbonyl (C=O) groups excluding carboxylic acids is 1. The van der Waals surface area contributed by atoms with Gasteiger partial charge in [-0.05, 0) is 24.1 Å². The number of aliphatic imine (C=N–C) groups is 1. The number of aryl methyl sites for hydroxylation is 1. The molecule has 0 atom stereocenters. The van der Waals surface area contributed by atoms with E-state index >= 15 is 0 Å². The normalized spacial score (nSPS) is 16.0. The molecule has 0 unspecified atom stereocenters. The van der Waals surface area contributed by atoms with Gasteiger partial charge < -0.3 is 0 Å². The van der Waals surface area contributed by atoms with Gasteiger partial charge in [0, 0.05) is 12.1 Å². The number of nitrogens with zero attached hydrogens (tertiary/aromatic N) is 3. The first-order valence-corrected chi connectivity index (χ1v) is 8.34. The molecular weight excluding hydrogens is 326 g/mol. The molecule has 3 rings (SSSR count). The lowest BCUT2D eigenvalue weighted by atomic mass is 10.2. The van der Waals surface area contributed by atoms with E-state index in [0.717, 1.165) is 5.56 Å². The molecule has 0 saturated carbocycles. The number of benzene rings is 2. The second-order valence-corrected chi connectivity index (χ2v) is 6.32. The van der Waals surface area contributed by atoms with Gasteiger partial charge in [-0.1, -0.05) is 42.1 Å². The van der Waals surface area contributed by atoms with Gasteiger partial charge in [0.05, 0.1) is 22.9 Å². The van der Waals surface area contributed by atoms with Gasteiger partial charge in [0.2, 0.25) is 5.91 Å². The standard InChI is InChI=1S/C17H15N3O3S/c1-12-9-14(20(22)23)7-8-15(12)18-17-19(16(21)11-24-17)10-13-5-3-2-4-6-13/h2-9H,10-11H2,1H3/b18-17-. The van der Waals surface area contributed by atoms with Crippen molar-refractivity contribution in [3.05, 3.63) is 69.8 Å². The molecule has 0 aliphatic carbocycles. The van der Waals surface area contributed by atoms with Crippen LogP contribution in [0.2, 0.25) is 0 Å². The fraction of sp³-hybridized carbons (Fsp3) is 0.176. The molecule has 1 aliphatic heterocycles. The van der Waals surface area contributed by atoms with Gasteiger partial charge in [-0.25, -0.2) is 4.99 Å². The molecule has 2 aromatic carbocycles. The molecule has 0 bridgehead atoms. The molecule has 1 fully saturated rings. The predicted octanol–water partition coefficient (Wildman–Crippen LogP) is 3.67. The summed E-state index contributed by atoms with van der Waals surface area (Å²) in [6.45, 7) is 2.24. The maximum absolute atomic E-state index is 12.1. The number of thioether (sulfide) groups is 1. The van der Waals surface area contributed by atoms with Gasteiger partial charge in [0.15, 0.2) is 5.17 Å². The minimum atomic E-state index is -0.431. The van der Waals surface area contributed by atoms with Crippen LogP contribution in [0.25, 0.3) is 0 Å². The van der Waals surface area contributed by atoms with E-state index in [0.29, 0.717) is 28.7 Å². The highest BCUT2D eigenvalue weighted by Crippen LogP contribution is 2.29. The average Bonchev–Trinajstić information content (AvgIpc) is 2.91. The molecule has 0 radical (unpaired) electrons. The lowest BCUT2D eigenvalue weighted by Gasteiger charge is -2.16. The zero-order chi connectivity index (χ0) is 17.1.